The normalized spacial score (nSPS) is 11.1. The first kappa shape index (κ1) is 11.0. The molecule has 0 radical (unpaired) electrons. The van der Waals surface area contributed by atoms with E-state index in [0.717, 1.165) is 15.8 Å². The number of rotatable bonds is 3. The fraction of sp³-hybridized carbons (Fsp3) is 0.300. The minimum Gasteiger partial charge on any atom is -0.490 e. The molecule has 0 unspecified atom stereocenters. The number of hydrazone groups is 1. The Morgan fingerprint density at radius 1 is 1.50 bits per heavy atom. The van der Waals surface area contributed by atoms with Crippen LogP contribution in [0.1, 0.15) is 19.4 Å². The molecule has 2 N–H and O–H groups in total. The standard InChI is InChI=1S/C10H13BrN2O/c1-7(2)14-10-4-3-8(6-13-12)5-9(10)11/h3-7H,12H2,1-2H3. The molecule has 0 atom stereocenters. The van der Waals surface area contributed by atoms with E-state index in [-0.39, 0.29) is 6.10 Å². The second-order valence-electron chi connectivity index (χ2n) is 3.13. The van der Waals surface area contributed by atoms with E-state index in [4.69, 9.17) is 10.6 Å². The molecule has 0 aliphatic carbocycles. The van der Waals surface area contributed by atoms with Gasteiger partial charge in [-0.15, -0.1) is 0 Å². The van der Waals surface area contributed by atoms with Crippen LogP contribution >= 0.6 is 15.9 Å². The first-order chi connectivity index (χ1) is 6.63. The highest BCUT2D eigenvalue weighted by Crippen LogP contribution is 2.26. The maximum atomic E-state index is 5.56. The predicted octanol–water partition coefficient (Wildman–Crippen LogP) is 2.53. The van der Waals surface area contributed by atoms with E-state index < -0.39 is 0 Å². The van der Waals surface area contributed by atoms with Crippen LogP contribution in [0.3, 0.4) is 0 Å². The van der Waals surface area contributed by atoms with Gasteiger partial charge in [-0.3, -0.25) is 0 Å². The molecule has 0 bridgehead atoms. The Kier molecular flexibility index (Phi) is 3.95. The summed E-state index contributed by atoms with van der Waals surface area (Å²) in [7, 11) is 0. The van der Waals surface area contributed by atoms with Gasteiger partial charge < -0.3 is 10.6 Å². The van der Waals surface area contributed by atoms with Crippen LogP contribution in [-0.2, 0) is 0 Å². The van der Waals surface area contributed by atoms with Crippen molar-refractivity contribution in [2.75, 3.05) is 0 Å². The average Bonchev–Trinajstić information content (AvgIpc) is 2.10. The van der Waals surface area contributed by atoms with Crippen LogP contribution in [0.5, 0.6) is 5.75 Å². The molecule has 0 aromatic heterocycles. The monoisotopic (exact) mass is 256 g/mol. The Bertz CT molecular complexity index is 337. The lowest BCUT2D eigenvalue weighted by molar-refractivity contribution is 0.241. The highest BCUT2D eigenvalue weighted by atomic mass is 79.9. The van der Waals surface area contributed by atoms with E-state index in [1.54, 1.807) is 6.21 Å². The summed E-state index contributed by atoms with van der Waals surface area (Å²) < 4.78 is 6.46. The quantitative estimate of drug-likeness (QED) is 0.514. The summed E-state index contributed by atoms with van der Waals surface area (Å²) in [5.74, 6) is 5.88. The molecule has 0 heterocycles. The number of nitrogens with two attached hydrogens (primary N) is 1. The van der Waals surface area contributed by atoms with Gasteiger partial charge >= 0.3 is 0 Å². The van der Waals surface area contributed by atoms with Crippen LogP contribution < -0.4 is 10.6 Å². The molecule has 3 nitrogen and oxygen atoms in total. The summed E-state index contributed by atoms with van der Waals surface area (Å²) in [4.78, 5) is 0. The fourth-order valence-corrected chi connectivity index (χ4v) is 1.52. The molecule has 76 valence electrons. The van der Waals surface area contributed by atoms with Gasteiger partial charge in [0.2, 0.25) is 0 Å². The van der Waals surface area contributed by atoms with Crippen molar-refractivity contribution >= 4 is 22.1 Å². The van der Waals surface area contributed by atoms with E-state index in [9.17, 15) is 0 Å². The molecule has 0 fully saturated rings. The Balaban J connectivity index is 2.89. The van der Waals surface area contributed by atoms with E-state index in [1.807, 2.05) is 32.0 Å². The summed E-state index contributed by atoms with van der Waals surface area (Å²) in [6, 6.07) is 5.70. The van der Waals surface area contributed by atoms with Gasteiger partial charge in [0.15, 0.2) is 0 Å². The van der Waals surface area contributed by atoms with E-state index in [2.05, 4.69) is 21.0 Å². The number of halogens is 1. The van der Waals surface area contributed by atoms with Crippen molar-refractivity contribution in [3.8, 4) is 5.75 Å². The first-order valence-corrected chi connectivity index (χ1v) is 5.12. The second kappa shape index (κ2) is 5.00. The maximum absolute atomic E-state index is 5.56. The number of benzene rings is 1. The van der Waals surface area contributed by atoms with E-state index in [0.29, 0.717) is 0 Å². The SMILES string of the molecule is CC(C)Oc1ccc(C=NN)cc1Br. The molecular formula is C10H13BrN2O. The van der Waals surface area contributed by atoms with Crippen LogP contribution in [0.25, 0.3) is 0 Å². The third-order valence-corrected chi connectivity index (χ3v) is 2.16. The van der Waals surface area contributed by atoms with Gasteiger partial charge in [0, 0.05) is 0 Å². The predicted molar refractivity (Wildman–Crippen MR) is 61.7 cm³/mol. The maximum Gasteiger partial charge on any atom is 0.133 e. The molecule has 4 heteroatoms. The van der Waals surface area contributed by atoms with Crippen LogP contribution in [0, 0.1) is 0 Å². The number of ether oxygens (including phenoxy) is 1. The molecule has 1 aromatic carbocycles. The number of hydrogen-bond donors (Lipinski definition) is 1. The van der Waals surface area contributed by atoms with Crippen LogP contribution in [0.4, 0.5) is 0 Å². The lowest BCUT2D eigenvalue weighted by atomic mass is 10.2. The van der Waals surface area contributed by atoms with Gasteiger partial charge in [-0.1, -0.05) is 0 Å². The zero-order chi connectivity index (χ0) is 10.6. The summed E-state index contributed by atoms with van der Waals surface area (Å²) in [6.07, 6.45) is 1.75. The smallest absolute Gasteiger partial charge is 0.133 e. The van der Waals surface area contributed by atoms with Gasteiger partial charge in [0.1, 0.15) is 5.75 Å². The molecule has 1 rings (SSSR count). The lowest BCUT2D eigenvalue weighted by Crippen LogP contribution is -2.06. The molecule has 14 heavy (non-hydrogen) atoms. The molecule has 0 spiro atoms. The minimum absolute atomic E-state index is 0.167. The molecule has 1 aromatic rings. The third kappa shape index (κ3) is 3.03. The average molecular weight is 257 g/mol. The van der Waals surface area contributed by atoms with Gasteiger partial charge in [0.05, 0.1) is 16.8 Å². The van der Waals surface area contributed by atoms with Crippen molar-refractivity contribution in [1.29, 1.82) is 0 Å². The van der Waals surface area contributed by atoms with Gasteiger partial charge in [-0.05, 0) is 53.5 Å². The molecule has 0 saturated carbocycles. The van der Waals surface area contributed by atoms with Crippen molar-refractivity contribution in [3.05, 3.63) is 28.2 Å². The lowest BCUT2D eigenvalue weighted by Gasteiger charge is -2.11. The second-order valence-corrected chi connectivity index (χ2v) is 3.99. The Hall–Kier alpha value is -1.03. The molecule has 0 aliphatic heterocycles. The van der Waals surface area contributed by atoms with Crippen LogP contribution in [-0.4, -0.2) is 12.3 Å². The summed E-state index contributed by atoms with van der Waals surface area (Å²) in [5.41, 5.74) is 0.940. The summed E-state index contributed by atoms with van der Waals surface area (Å²) >= 11 is 3.42. The van der Waals surface area contributed by atoms with Crippen molar-refractivity contribution in [3.63, 3.8) is 0 Å². The zero-order valence-electron chi connectivity index (χ0n) is 8.20. The van der Waals surface area contributed by atoms with Gasteiger partial charge in [-0.25, -0.2) is 0 Å². The molecular weight excluding hydrogens is 244 g/mol. The number of nitrogens with zero attached hydrogens (tertiary/aromatic N) is 1. The van der Waals surface area contributed by atoms with Gasteiger partial charge in [-0.2, -0.15) is 5.10 Å². The van der Waals surface area contributed by atoms with Crippen molar-refractivity contribution < 1.29 is 4.74 Å². The Morgan fingerprint density at radius 2 is 2.21 bits per heavy atom. The van der Waals surface area contributed by atoms with Crippen molar-refractivity contribution in [1.82, 2.24) is 0 Å². The highest BCUT2D eigenvalue weighted by molar-refractivity contribution is 9.10. The van der Waals surface area contributed by atoms with Crippen LogP contribution in [0.2, 0.25) is 0 Å². The van der Waals surface area contributed by atoms with Crippen molar-refractivity contribution in [2.24, 2.45) is 10.9 Å². The van der Waals surface area contributed by atoms with Crippen molar-refractivity contribution in [2.45, 2.75) is 20.0 Å². The fourth-order valence-electron chi connectivity index (χ4n) is 1.03. The number of hydrogen-bond acceptors (Lipinski definition) is 3. The van der Waals surface area contributed by atoms with E-state index >= 15 is 0 Å². The minimum atomic E-state index is 0.167. The van der Waals surface area contributed by atoms with E-state index in [1.165, 1.54) is 0 Å². The van der Waals surface area contributed by atoms with Crippen LogP contribution in [0.15, 0.2) is 27.8 Å². The molecule has 0 aliphatic rings. The van der Waals surface area contributed by atoms with Gasteiger partial charge in [0.25, 0.3) is 0 Å². The molecule has 0 saturated heterocycles. The summed E-state index contributed by atoms with van der Waals surface area (Å²) in [6.45, 7) is 3.98. The third-order valence-electron chi connectivity index (χ3n) is 1.54. The Labute approximate surface area is 92.1 Å². The highest BCUT2D eigenvalue weighted by Gasteiger charge is 2.03. The largest absolute Gasteiger partial charge is 0.490 e. The Morgan fingerprint density at radius 3 is 2.71 bits per heavy atom. The molecule has 0 amide bonds. The first-order valence-electron chi connectivity index (χ1n) is 4.33. The summed E-state index contributed by atoms with van der Waals surface area (Å²) in [5, 5.41) is 3.45. The zero-order valence-corrected chi connectivity index (χ0v) is 9.78. The topological polar surface area (TPSA) is 47.6 Å².